The van der Waals surface area contributed by atoms with Crippen LogP contribution >= 0.6 is 11.3 Å². The van der Waals surface area contributed by atoms with Gasteiger partial charge in [0.05, 0.1) is 5.01 Å². The molecule has 2 rings (SSSR count). The Morgan fingerprint density at radius 1 is 1.10 bits per heavy atom. The molecule has 0 atom stereocenters. The molecule has 0 aromatic carbocycles. The first-order valence-electron chi connectivity index (χ1n) is 6.90. The zero-order valence-electron chi connectivity index (χ0n) is 12.8. The molecule has 0 radical (unpaired) electrons. The molecule has 2 aromatic rings. The quantitative estimate of drug-likeness (QED) is 0.807. The Labute approximate surface area is 128 Å². The van der Waals surface area contributed by atoms with Crippen molar-refractivity contribution in [2.45, 2.75) is 20.3 Å². The number of rotatable bonds is 7. The largest absolute Gasteiger partial charge is 0.354 e. The highest BCUT2D eigenvalue weighted by Crippen LogP contribution is 2.12. The summed E-state index contributed by atoms with van der Waals surface area (Å²) >= 11 is 1.68. The van der Waals surface area contributed by atoms with E-state index in [9.17, 15) is 0 Å². The highest BCUT2D eigenvalue weighted by atomic mass is 32.1. The standard InChI is InChI=1S/C13H21N7S/c1-5-14-11-17-12(19-13(18-11)20(3)4)15-7-6-10-16-9(2)8-21-10/h8H,5-7H2,1-4H3,(H2,14,15,17,18,19). The Morgan fingerprint density at radius 2 is 1.81 bits per heavy atom. The van der Waals surface area contributed by atoms with Crippen LogP contribution < -0.4 is 15.5 Å². The fraction of sp³-hybridized carbons (Fsp3) is 0.538. The summed E-state index contributed by atoms with van der Waals surface area (Å²) in [6.07, 6.45) is 0.859. The number of nitrogens with one attached hydrogen (secondary N) is 2. The first-order valence-corrected chi connectivity index (χ1v) is 7.78. The molecule has 2 aromatic heterocycles. The molecule has 0 aliphatic carbocycles. The molecule has 0 amide bonds. The molecule has 0 spiro atoms. The van der Waals surface area contributed by atoms with Crippen molar-refractivity contribution in [1.29, 1.82) is 0 Å². The van der Waals surface area contributed by atoms with E-state index >= 15 is 0 Å². The van der Waals surface area contributed by atoms with E-state index in [-0.39, 0.29) is 0 Å². The highest BCUT2D eigenvalue weighted by molar-refractivity contribution is 7.09. The fourth-order valence-corrected chi connectivity index (χ4v) is 2.46. The zero-order valence-corrected chi connectivity index (χ0v) is 13.7. The molecule has 21 heavy (non-hydrogen) atoms. The van der Waals surface area contributed by atoms with Crippen molar-refractivity contribution < 1.29 is 0 Å². The van der Waals surface area contributed by atoms with Crippen LogP contribution in [-0.4, -0.2) is 47.1 Å². The summed E-state index contributed by atoms with van der Waals surface area (Å²) in [5.74, 6) is 1.80. The molecule has 0 bridgehead atoms. The first-order chi connectivity index (χ1) is 10.1. The summed E-state index contributed by atoms with van der Waals surface area (Å²) in [6.45, 7) is 5.53. The van der Waals surface area contributed by atoms with Gasteiger partial charge in [-0.3, -0.25) is 0 Å². The van der Waals surface area contributed by atoms with Crippen molar-refractivity contribution in [3.63, 3.8) is 0 Å². The number of aromatic nitrogens is 4. The Kier molecular flexibility index (Phi) is 5.26. The van der Waals surface area contributed by atoms with Crippen LogP contribution in [0.4, 0.5) is 17.8 Å². The van der Waals surface area contributed by atoms with Crippen molar-refractivity contribution in [3.8, 4) is 0 Å². The molecule has 2 heterocycles. The number of thiazole rings is 1. The molecule has 8 heteroatoms. The number of anilines is 3. The highest BCUT2D eigenvalue weighted by Gasteiger charge is 2.07. The first kappa shape index (κ1) is 15.4. The van der Waals surface area contributed by atoms with Gasteiger partial charge in [-0.05, 0) is 13.8 Å². The molecule has 7 nitrogen and oxygen atoms in total. The Hall–Kier alpha value is -1.96. The maximum Gasteiger partial charge on any atom is 0.231 e. The van der Waals surface area contributed by atoms with Crippen LogP contribution in [0.5, 0.6) is 0 Å². The fourth-order valence-electron chi connectivity index (χ4n) is 1.68. The molecule has 0 aliphatic heterocycles. The van der Waals surface area contributed by atoms with E-state index in [4.69, 9.17) is 0 Å². The van der Waals surface area contributed by atoms with Crippen molar-refractivity contribution in [3.05, 3.63) is 16.1 Å². The molecule has 2 N–H and O–H groups in total. The number of hydrogen-bond acceptors (Lipinski definition) is 8. The normalized spacial score (nSPS) is 10.5. The lowest BCUT2D eigenvalue weighted by Crippen LogP contribution is -2.17. The predicted octanol–water partition coefficient (Wildman–Crippen LogP) is 1.79. The topological polar surface area (TPSA) is 78.9 Å². The van der Waals surface area contributed by atoms with Gasteiger partial charge in [-0.2, -0.15) is 15.0 Å². The average Bonchev–Trinajstić information content (AvgIpc) is 2.84. The Morgan fingerprint density at radius 3 is 2.38 bits per heavy atom. The summed E-state index contributed by atoms with van der Waals surface area (Å²) in [7, 11) is 3.82. The average molecular weight is 307 g/mol. The van der Waals surface area contributed by atoms with Gasteiger partial charge in [0.15, 0.2) is 0 Å². The summed E-state index contributed by atoms with van der Waals surface area (Å²) < 4.78 is 0. The van der Waals surface area contributed by atoms with Gasteiger partial charge in [0.25, 0.3) is 0 Å². The molecule has 0 saturated carbocycles. The van der Waals surface area contributed by atoms with Crippen LogP contribution in [0.15, 0.2) is 5.38 Å². The molecule has 0 saturated heterocycles. The van der Waals surface area contributed by atoms with Crippen molar-refractivity contribution >= 4 is 29.2 Å². The molecular weight excluding hydrogens is 286 g/mol. The van der Waals surface area contributed by atoms with Crippen molar-refractivity contribution in [2.24, 2.45) is 0 Å². The molecule has 114 valence electrons. The van der Waals surface area contributed by atoms with Gasteiger partial charge in [0, 0.05) is 44.7 Å². The van der Waals surface area contributed by atoms with Crippen LogP contribution in [-0.2, 0) is 6.42 Å². The maximum atomic E-state index is 4.44. The third kappa shape index (κ3) is 4.52. The van der Waals surface area contributed by atoms with E-state index in [2.05, 4.69) is 35.9 Å². The van der Waals surface area contributed by atoms with Crippen LogP contribution in [0, 0.1) is 6.92 Å². The minimum Gasteiger partial charge on any atom is -0.354 e. The monoisotopic (exact) mass is 307 g/mol. The van der Waals surface area contributed by atoms with Gasteiger partial charge in [-0.25, -0.2) is 4.98 Å². The maximum absolute atomic E-state index is 4.44. The number of aryl methyl sites for hydroxylation is 1. The third-order valence-electron chi connectivity index (χ3n) is 2.65. The summed E-state index contributed by atoms with van der Waals surface area (Å²) in [5.41, 5.74) is 1.07. The van der Waals surface area contributed by atoms with E-state index in [0.717, 1.165) is 30.2 Å². The van der Waals surface area contributed by atoms with Crippen LogP contribution in [0.25, 0.3) is 0 Å². The van der Waals surface area contributed by atoms with Crippen molar-refractivity contribution in [2.75, 3.05) is 42.7 Å². The summed E-state index contributed by atoms with van der Waals surface area (Å²) in [5, 5.41) is 9.53. The van der Waals surface area contributed by atoms with Gasteiger partial charge in [0.1, 0.15) is 0 Å². The Bertz CT molecular complexity index is 582. The summed E-state index contributed by atoms with van der Waals surface area (Å²) in [4.78, 5) is 19.4. The smallest absolute Gasteiger partial charge is 0.231 e. The van der Waals surface area contributed by atoms with E-state index in [0.29, 0.717) is 17.8 Å². The lowest BCUT2D eigenvalue weighted by atomic mass is 10.4. The second kappa shape index (κ2) is 7.16. The van der Waals surface area contributed by atoms with Gasteiger partial charge in [-0.1, -0.05) is 0 Å². The van der Waals surface area contributed by atoms with Gasteiger partial charge in [-0.15, -0.1) is 11.3 Å². The van der Waals surface area contributed by atoms with E-state index in [1.807, 2.05) is 32.8 Å². The second-order valence-electron chi connectivity index (χ2n) is 4.77. The van der Waals surface area contributed by atoms with Gasteiger partial charge in [0.2, 0.25) is 17.8 Å². The minimum atomic E-state index is 0.581. The van der Waals surface area contributed by atoms with Crippen LogP contribution in [0.3, 0.4) is 0 Å². The third-order valence-corrected chi connectivity index (χ3v) is 3.67. The second-order valence-corrected chi connectivity index (χ2v) is 5.71. The zero-order chi connectivity index (χ0) is 15.2. The molecule has 0 unspecified atom stereocenters. The lowest BCUT2D eigenvalue weighted by Gasteiger charge is -2.13. The van der Waals surface area contributed by atoms with Crippen LogP contribution in [0.2, 0.25) is 0 Å². The van der Waals surface area contributed by atoms with Crippen molar-refractivity contribution in [1.82, 2.24) is 19.9 Å². The lowest BCUT2D eigenvalue weighted by molar-refractivity contribution is 0.919. The minimum absolute atomic E-state index is 0.581. The molecular formula is C13H21N7S. The van der Waals surface area contributed by atoms with Gasteiger partial charge < -0.3 is 15.5 Å². The number of hydrogen-bond donors (Lipinski definition) is 2. The van der Waals surface area contributed by atoms with Gasteiger partial charge >= 0.3 is 0 Å². The Balaban J connectivity index is 2.00. The van der Waals surface area contributed by atoms with E-state index in [1.165, 1.54) is 0 Å². The van der Waals surface area contributed by atoms with E-state index < -0.39 is 0 Å². The SMILES string of the molecule is CCNc1nc(NCCc2nc(C)cs2)nc(N(C)C)n1. The molecule has 0 fully saturated rings. The molecule has 0 aliphatic rings. The van der Waals surface area contributed by atoms with E-state index in [1.54, 1.807) is 11.3 Å². The van der Waals surface area contributed by atoms with Crippen LogP contribution in [0.1, 0.15) is 17.6 Å². The predicted molar refractivity (Wildman–Crippen MR) is 87.4 cm³/mol. The number of nitrogens with zero attached hydrogens (tertiary/aromatic N) is 5. The summed E-state index contributed by atoms with van der Waals surface area (Å²) in [6, 6.07) is 0.